The van der Waals surface area contributed by atoms with E-state index in [4.69, 9.17) is 16.9 Å². The predicted molar refractivity (Wildman–Crippen MR) is 57.3 cm³/mol. The number of thioether (sulfide) groups is 1. The Morgan fingerprint density at radius 3 is 2.31 bits per heavy atom. The highest BCUT2D eigenvalue weighted by atomic mass is 35.5. The van der Waals surface area contributed by atoms with Crippen LogP contribution in [0.3, 0.4) is 0 Å². The number of alkyl halides is 3. The molecular weight excluding hydrogens is 259 g/mol. The first kappa shape index (κ1) is 13.2. The molecule has 0 saturated heterocycles. The van der Waals surface area contributed by atoms with E-state index in [9.17, 15) is 13.2 Å². The summed E-state index contributed by atoms with van der Waals surface area (Å²) in [6, 6.07) is 7.69. The van der Waals surface area contributed by atoms with Crippen LogP contribution >= 0.6 is 23.4 Å². The van der Waals surface area contributed by atoms with Crippen molar-refractivity contribution in [1.82, 2.24) is 0 Å². The Morgan fingerprint density at radius 2 is 1.88 bits per heavy atom. The standard InChI is InChI=1S/C10H7ClF3NS/c11-8-1-3-9(4-2-8)16-6-7(5-15)10(12,13)14/h1-4,7H,6H2. The van der Waals surface area contributed by atoms with Crippen molar-refractivity contribution >= 4 is 23.4 Å². The molecule has 0 spiro atoms. The molecule has 1 rings (SSSR count). The molecule has 1 aromatic carbocycles. The number of benzene rings is 1. The van der Waals surface area contributed by atoms with Crippen molar-refractivity contribution in [3.05, 3.63) is 29.3 Å². The molecule has 0 N–H and O–H groups in total. The maximum atomic E-state index is 12.2. The van der Waals surface area contributed by atoms with Gasteiger partial charge in [0.15, 0.2) is 5.92 Å². The topological polar surface area (TPSA) is 23.8 Å². The Kier molecular flexibility index (Phi) is 4.51. The van der Waals surface area contributed by atoms with Crippen molar-refractivity contribution in [3.8, 4) is 6.07 Å². The van der Waals surface area contributed by atoms with E-state index in [1.54, 1.807) is 24.3 Å². The monoisotopic (exact) mass is 265 g/mol. The van der Waals surface area contributed by atoms with Crippen LogP contribution in [-0.4, -0.2) is 11.9 Å². The SMILES string of the molecule is N#CC(CSc1ccc(Cl)cc1)C(F)(F)F. The molecule has 1 atom stereocenters. The van der Waals surface area contributed by atoms with Crippen molar-refractivity contribution < 1.29 is 13.2 Å². The van der Waals surface area contributed by atoms with Gasteiger partial charge in [-0.15, -0.1) is 11.8 Å². The molecule has 86 valence electrons. The summed E-state index contributed by atoms with van der Waals surface area (Å²) in [7, 11) is 0. The lowest BCUT2D eigenvalue weighted by Crippen LogP contribution is -2.23. The van der Waals surface area contributed by atoms with Gasteiger partial charge >= 0.3 is 6.18 Å². The molecule has 0 aliphatic carbocycles. The van der Waals surface area contributed by atoms with Gasteiger partial charge in [0.1, 0.15) is 0 Å². The van der Waals surface area contributed by atoms with Crippen molar-refractivity contribution in [2.75, 3.05) is 5.75 Å². The van der Waals surface area contributed by atoms with Crippen molar-refractivity contribution in [2.24, 2.45) is 5.92 Å². The quantitative estimate of drug-likeness (QED) is 0.767. The molecule has 0 saturated carbocycles. The fourth-order valence-corrected chi connectivity index (χ4v) is 1.99. The average Bonchev–Trinajstić information content (AvgIpc) is 2.19. The summed E-state index contributed by atoms with van der Waals surface area (Å²) in [5.41, 5.74) is 0. The molecule has 16 heavy (non-hydrogen) atoms. The fourth-order valence-electron chi connectivity index (χ4n) is 0.915. The minimum absolute atomic E-state index is 0.304. The van der Waals surface area contributed by atoms with E-state index in [-0.39, 0.29) is 5.75 Å². The minimum atomic E-state index is -4.46. The molecule has 0 aromatic heterocycles. The van der Waals surface area contributed by atoms with Crippen molar-refractivity contribution in [2.45, 2.75) is 11.1 Å². The van der Waals surface area contributed by atoms with Gasteiger partial charge in [-0.3, -0.25) is 0 Å². The molecule has 1 aromatic rings. The van der Waals surface area contributed by atoms with Gasteiger partial charge in [0.05, 0.1) is 6.07 Å². The van der Waals surface area contributed by atoms with Crippen LogP contribution in [0.1, 0.15) is 0 Å². The number of hydrogen-bond acceptors (Lipinski definition) is 2. The van der Waals surface area contributed by atoms with Crippen LogP contribution in [-0.2, 0) is 0 Å². The molecule has 1 unspecified atom stereocenters. The second-order valence-electron chi connectivity index (χ2n) is 2.99. The highest BCUT2D eigenvalue weighted by Crippen LogP contribution is 2.31. The minimum Gasteiger partial charge on any atom is -0.198 e. The zero-order valence-electron chi connectivity index (χ0n) is 7.96. The third-order valence-electron chi connectivity index (χ3n) is 1.78. The lowest BCUT2D eigenvalue weighted by atomic mass is 10.2. The number of nitriles is 1. The molecule has 0 aliphatic rings. The van der Waals surface area contributed by atoms with Crippen LogP contribution in [0.25, 0.3) is 0 Å². The van der Waals surface area contributed by atoms with Gasteiger partial charge in [-0.1, -0.05) is 11.6 Å². The Hall–Kier alpha value is -0.860. The van der Waals surface area contributed by atoms with Crippen molar-refractivity contribution in [3.63, 3.8) is 0 Å². The lowest BCUT2D eigenvalue weighted by molar-refractivity contribution is -0.152. The molecular formula is C10H7ClF3NS. The molecule has 1 nitrogen and oxygen atoms in total. The van der Waals surface area contributed by atoms with Crippen molar-refractivity contribution in [1.29, 1.82) is 5.26 Å². The lowest BCUT2D eigenvalue weighted by Gasteiger charge is -2.12. The molecule has 6 heteroatoms. The highest BCUT2D eigenvalue weighted by molar-refractivity contribution is 7.99. The Morgan fingerprint density at radius 1 is 1.31 bits per heavy atom. The number of hydrogen-bond donors (Lipinski definition) is 0. The van der Waals surface area contributed by atoms with E-state index in [0.29, 0.717) is 9.92 Å². The van der Waals surface area contributed by atoms with Crippen LogP contribution in [0.15, 0.2) is 29.2 Å². The number of halogens is 4. The summed E-state index contributed by atoms with van der Waals surface area (Å²) in [6.45, 7) is 0. The van der Waals surface area contributed by atoms with E-state index in [1.165, 1.54) is 6.07 Å². The zero-order chi connectivity index (χ0) is 12.2. The Labute approximate surface area is 100 Å². The Balaban J connectivity index is 2.57. The Bertz CT molecular complexity index is 383. The first-order chi connectivity index (χ1) is 7.43. The second-order valence-corrected chi connectivity index (χ2v) is 4.52. The molecule has 0 aliphatic heterocycles. The zero-order valence-corrected chi connectivity index (χ0v) is 9.53. The van der Waals surface area contributed by atoms with E-state index in [1.807, 2.05) is 0 Å². The third-order valence-corrected chi connectivity index (χ3v) is 3.14. The average molecular weight is 266 g/mol. The smallest absolute Gasteiger partial charge is 0.198 e. The van der Waals surface area contributed by atoms with E-state index >= 15 is 0 Å². The van der Waals surface area contributed by atoms with Gasteiger partial charge < -0.3 is 0 Å². The van der Waals surface area contributed by atoms with Crippen LogP contribution in [0.5, 0.6) is 0 Å². The maximum Gasteiger partial charge on any atom is 0.405 e. The van der Waals surface area contributed by atoms with Crippen LogP contribution in [0, 0.1) is 17.2 Å². The highest BCUT2D eigenvalue weighted by Gasteiger charge is 2.39. The van der Waals surface area contributed by atoms with E-state index in [2.05, 4.69) is 0 Å². The summed E-state index contributed by atoms with van der Waals surface area (Å²) in [4.78, 5) is 0.661. The summed E-state index contributed by atoms with van der Waals surface area (Å²) in [5, 5.41) is 8.90. The molecule has 0 fully saturated rings. The summed E-state index contributed by atoms with van der Waals surface area (Å²) >= 11 is 6.62. The van der Waals surface area contributed by atoms with Gasteiger partial charge in [0.2, 0.25) is 0 Å². The van der Waals surface area contributed by atoms with E-state index in [0.717, 1.165) is 11.8 Å². The van der Waals surface area contributed by atoms with E-state index < -0.39 is 12.1 Å². The van der Waals surface area contributed by atoms with Gasteiger partial charge in [0.25, 0.3) is 0 Å². The van der Waals surface area contributed by atoms with Gasteiger partial charge in [-0.05, 0) is 24.3 Å². The molecule has 0 bridgehead atoms. The summed E-state index contributed by atoms with van der Waals surface area (Å²) in [6.07, 6.45) is -4.46. The third kappa shape index (κ3) is 3.95. The number of nitrogens with zero attached hydrogens (tertiary/aromatic N) is 1. The largest absolute Gasteiger partial charge is 0.405 e. The molecule has 0 amide bonds. The molecule has 0 heterocycles. The van der Waals surface area contributed by atoms with Gasteiger partial charge in [-0.2, -0.15) is 18.4 Å². The maximum absolute atomic E-state index is 12.2. The molecule has 0 radical (unpaired) electrons. The number of rotatable bonds is 3. The fraction of sp³-hybridized carbons (Fsp3) is 0.300. The first-order valence-electron chi connectivity index (χ1n) is 4.28. The first-order valence-corrected chi connectivity index (χ1v) is 5.64. The normalized spacial score (nSPS) is 13.2. The van der Waals surface area contributed by atoms with Gasteiger partial charge in [0, 0.05) is 15.7 Å². The predicted octanol–water partition coefficient (Wildman–Crippen LogP) is 4.13. The summed E-state index contributed by atoms with van der Waals surface area (Å²) < 4.78 is 36.7. The summed E-state index contributed by atoms with van der Waals surface area (Å²) in [5.74, 6) is -2.24. The second kappa shape index (κ2) is 5.46. The van der Waals surface area contributed by atoms with Crippen LogP contribution in [0.2, 0.25) is 5.02 Å². The van der Waals surface area contributed by atoms with Crippen LogP contribution in [0.4, 0.5) is 13.2 Å². The van der Waals surface area contributed by atoms with Gasteiger partial charge in [-0.25, -0.2) is 0 Å². The van der Waals surface area contributed by atoms with Crippen LogP contribution < -0.4 is 0 Å².